The summed E-state index contributed by atoms with van der Waals surface area (Å²) < 4.78 is 0. The van der Waals surface area contributed by atoms with Gasteiger partial charge in [-0.25, -0.2) is 4.79 Å². The second-order valence-electron chi connectivity index (χ2n) is 6.01. The van der Waals surface area contributed by atoms with Crippen molar-refractivity contribution in [3.8, 4) is 0 Å². The van der Waals surface area contributed by atoms with Crippen LogP contribution in [-0.4, -0.2) is 49.2 Å². The number of amides is 2. The summed E-state index contributed by atoms with van der Waals surface area (Å²) in [5.41, 5.74) is 1.33. The molecule has 5 nitrogen and oxygen atoms in total. The van der Waals surface area contributed by atoms with Gasteiger partial charge in [-0.05, 0) is 24.9 Å². The molecule has 3 N–H and O–H groups in total. The van der Waals surface area contributed by atoms with Gasteiger partial charge in [0.25, 0.3) is 0 Å². The molecule has 2 aliphatic heterocycles. The SMILES string of the molecule is O=C(N[C@@H]1CCNC1)N[C@@H]1CCN(Cc2ccccc2)C1. The van der Waals surface area contributed by atoms with Crippen LogP contribution in [0.4, 0.5) is 4.79 Å². The molecule has 0 aromatic heterocycles. The molecule has 21 heavy (non-hydrogen) atoms. The van der Waals surface area contributed by atoms with Gasteiger partial charge in [-0.15, -0.1) is 0 Å². The number of nitrogens with zero attached hydrogens (tertiary/aromatic N) is 1. The monoisotopic (exact) mass is 288 g/mol. The minimum Gasteiger partial charge on any atom is -0.334 e. The largest absolute Gasteiger partial charge is 0.334 e. The van der Waals surface area contributed by atoms with Gasteiger partial charge < -0.3 is 16.0 Å². The van der Waals surface area contributed by atoms with E-state index < -0.39 is 0 Å². The van der Waals surface area contributed by atoms with Gasteiger partial charge in [0.05, 0.1) is 0 Å². The Hall–Kier alpha value is -1.59. The van der Waals surface area contributed by atoms with Crippen molar-refractivity contribution in [1.82, 2.24) is 20.9 Å². The number of carbonyl (C=O) groups excluding carboxylic acids is 1. The number of carbonyl (C=O) groups is 1. The molecule has 3 rings (SSSR count). The van der Waals surface area contributed by atoms with Gasteiger partial charge in [0.1, 0.15) is 0 Å². The van der Waals surface area contributed by atoms with Gasteiger partial charge in [-0.3, -0.25) is 4.90 Å². The molecule has 0 aliphatic carbocycles. The zero-order valence-electron chi connectivity index (χ0n) is 12.3. The van der Waals surface area contributed by atoms with E-state index in [2.05, 4.69) is 45.1 Å². The first-order valence-electron chi connectivity index (χ1n) is 7.83. The maximum Gasteiger partial charge on any atom is 0.315 e. The van der Waals surface area contributed by atoms with E-state index in [-0.39, 0.29) is 18.1 Å². The summed E-state index contributed by atoms with van der Waals surface area (Å²) in [6.07, 6.45) is 2.06. The van der Waals surface area contributed by atoms with E-state index in [1.165, 1.54) is 5.56 Å². The molecule has 1 aromatic rings. The fourth-order valence-electron chi connectivity index (χ4n) is 3.13. The first-order chi connectivity index (χ1) is 10.3. The third-order valence-corrected chi connectivity index (χ3v) is 4.25. The van der Waals surface area contributed by atoms with Crippen LogP contribution in [0.2, 0.25) is 0 Å². The van der Waals surface area contributed by atoms with E-state index in [1.807, 2.05) is 6.07 Å². The minimum absolute atomic E-state index is 0.0183. The van der Waals surface area contributed by atoms with Crippen LogP contribution in [0.15, 0.2) is 30.3 Å². The van der Waals surface area contributed by atoms with Crippen LogP contribution < -0.4 is 16.0 Å². The maximum absolute atomic E-state index is 12.0. The maximum atomic E-state index is 12.0. The Kier molecular flexibility index (Phi) is 4.72. The molecule has 0 saturated carbocycles. The first-order valence-corrected chi connectivity index (χ1v) is 7.83. The highest BCUT2D eigenvalue weighted by Crippen LogP contribution is 2.13. The average Bonchev–Trinajstić information content (AvgIpc) is 3.12. The van der Waals surface area contributed by atoms with E-state index in [1.54, 1.807) is 0 Å². The summed E-state index contributed by atoms with van der Waals surface area (Å²) in [6.45, 7) is 4.83. The number of urea groups is 1. The molecular weight excluding hydrogens is 264 g/mol. The lowest BCUT2D eigenvalue weighted by atomic mass is 10.2. The molecule has 114 valence electrons. The van der Waals surface area contributed by atoms with E-state index in [9.17, 15) is 4.79 Å². The summed E-state index contributed by atoms with van der Waals surface area (Å²) in [5, 5.41) is 9.40. The lowest BCUT2D eigenvalue weighted by molar-refractivity contribution is 0.233. The van der Waals surface area contributed by atoms with Crippen molar-refractivity contribution >= 4 is 6.03 Å². The number of nitrogens with one attached hydrogen (secondary N) is 3. The second-order valence-corrected chi connectivity index (χ2v) is 6.01. The van der Waals surface area contributed by atoms with Crippen LogP contribution in [0, 0.1) is 0 Å². The Balaban J connectivity index is 1.41. The number of rotatable bonds is 4. The summed E-state index contributed by atoms with van der Waals surface area (Å²) in [6, 6.07) is 11.0. The average molecular weight is 288 g/mol. The molecule has 5 heteroatoms. The van der Waals surface area contributed by atoms with Crippen molar-refractivity contribution in [2.45, 2.75) is 31.5 Å². The molecule has 0 spiro atoms. The third kappa shape index (κ3) is 4.19. The van der Waals surface area contributed by atoms with Gasteiger partial charge >= 0.3 is 6.03 Å². The van der Waals surface area contributed by atoms with Crippen molar-refractivity contribution in [2.75, 3.05) is 26.2 Å². The van der Waals surface area contributed by atoms with E-state index in [4.69, 9.17) is 0 Å². The number of benzene rings is 1. The minimum atomic E-state index is -0.0183. The van der Waals surface area contributed by atoms with Crippen LogP contribution in [0.1, 0.15) is 18.4 Å². The van der Waals surface area contributed by atoms with Crippen molar-refractivity contribution < 1.29 is 4.79 Å². The highest BCUT2D eigenvalue weighted by atomic mass is 16.2. The van der Waals surface area contributed by atoms with Crippen LogP contribution in [0.25, 0.3) is 0 Å². The van der Waals surface area contributed by atoms with Crippen LogP contribution in [0.3, 0.4) is 0 Å². The second kappa shape index (κ2) is 6.91. The molecule has 1 aromatic carbocycles. The fraction of sp³-hybridized carbons (Fsp3) is 0.562. The number of likely N-dealkylation sites (tertiary alicyclic amines) is 1. The quantitative estimate of drug-likeness (QED) is 0.772. The molecule has 2 saturated heterocycles. The van der Waals surface area contributed by atoms with Gasteiger partial charge in [0.2, 0.25) is 0 Å². The van der Waals surface area contributed by atoms with Gasteiger partial charge in [0, 0.05) is 38.3 Å². The normalized spacial score (nSPS) is 25.9. The molecule has 0 bridgehead atoms. The summed E-state index contributed by atoms with van der Waals surface area (Å²) in [5.74, 6) is 0. The van der Waals surface area contributed by atoms with Crippen LogP contribution >= 0.6 is 0 Å². The van der Waals surface area contributed by atoms with E-state index in [0.717, 1.165) is 45.6 Å². The predicted octanol–water partition coefficient (Wildman–Crippen LogP) is 0.922. The fourth-order valence-corrected chi connectivity index (χ4v) is 3.13. The molecule has 2 fully saturated rings. The number of hydrogen-bond acceptors (Lipinski definition) is 3. The third-order valence-electron chi connectivity index (χ3n) is 4.25. The van der Waals surface area contributed by atoms with Crippen LogP contribution in [-0.2, 0) is 6.54 Å². The smallest absolute Gasteiger partial charge is 0.315 e. The topological polar surface area (TPSA) is 56.4 Å². The van der Waals surface area contributed by atoms with Crippen LogP contribution in [0.5, 0.6) is 0 Å². The molecule has 0 radical (unpaired) electrons. The zero-order chi connectivity index (χ0) is 14.5. The summed E-state index contributed by atoms with van der Waals surface area (Å²) in [4.78, 5) is 14.4. The molecule has 0 unspecified atom stereocenters. The molecule has 2 atom stereocenters. The van der Waals surface area contributed by atoms with Gasteiger partial charge in [0.15, 0.2) is 0 Å². The van der Waals surface area contributed by atoms with Crippen molar-refractivity contribution in [1.29, 1.82) is 0 Å². The van der Waals surface area contributed by atoms with Gasteiger partial charge in [-0.1, -0.05) is 30.3 Å². The Morgan fingerprint density at radius 2 is 2.00 bits per heavy atom. The Morgan fingerprint density at radius 3 is 2.76 bits per heavy atom. The van der Waals surface area contributed by atoms with E-state index in [0.29, 0.717) is 0 Å². The van der Waals surface area contributed by atoms with Crippen molar-refractivity contribution in [3.63, 3.8) is 0 Å². The Morgan fingerprint density at radius 1 is 1.19 bits per heavy atom. The standard InChI is InChI=1S/C16H24N4O/c21-16(18-14-6-8-17-10-14)19-15-7-9-20(12-15)11-13-4-2-1-3-5-13/h1-5,14-15,17H,6-12H2,(H2,18,19,21)/t14-,15-/m1/s1. The Labute approximate surface area is 126 Å². The molecule has 2 aliphatic rings. The zero-order valence-corrected chi connectivity index (χ0v) is 12.3. The van der Waals surface area contributed by atoms with E-state index >= 15 is 0 Å². The lowest BCUT2D eigenvalue weighted by Crippen LogP contribution is -2.47. The Bertz CT molecular complexity index is 459. The molecular formula is C16H24N4O. The first kappa shape index (κ1) is 14.4. The lowest BCUT2D eigenvalue weighted by Gasteiger charge is -2.18. The highest BCUT2D eigenvalue weighted by Gasteiger charge is 2.25. The summed E-state index contributed by atoms with van der Waals surface area (Å²) in [7, 11) is 0. The number of hydrogen-bond donors (Lipinski definition) is 3. The molecule has 2 heterocycles. The molecule has 2 amide bonds. The highest BCUT2D eigenvalue weighted by molar-refractivity contribution is 5.74. The predicted molar refractivity (Wildman–Crippen MR) is 83.1 cm³/mol. The summed E-state index contributed by atoms with van der Waals surface area (Å²) >= 11 is 0. The van der Waals surface area contributed by atoms with Gasteiger partial charge in [-0.2, -0.15) is 0 Å². The van der Waals surface area contributed by atoms with Crippen molar-refractivity contribution in [3.05, 3.63) is 35.9 Å². The van der Waals surface area contributed by atoms with Crippen molar-refractivity contribution in [2.24, 2.45) is 0 Å².